The summed E-state index contributed by atoms with van der Waals surface area (Å²) in [4.78, 5) is 18.7. The van der Waals surface area contributed by atoms with Crippen molar-refractivity contribution in [3.63, 3.8) is 0 Å². The Morgan fingerprint density at radius 1 is 1.15 bits per heavy atom. The molecule has 7 nitrogen and oxygen atoms in total. The number of aromatic nitrogens is 3. The molecule has 0 spiro atoms. The molecular formula is C24H21F2N5O2. The van der Waals surface area contributed by atoms with E-state index in [1.54, 1.807) is 18.5 Å². The summed E-state index contributed by atoms with van der Waals surface area (Å²) in [6, 6.07) is 13.0. The van der Waals surface area contributed by atoms with Crippen LogP contribution >= 0.6 is 0 Å². The van der Waals surface area contributed by atoms with E-state index in [9.17, 15) is 13.6 Å². The second-order valence-electron chi connectivity index (χ2n) is 7.85. The predicted octanol–water partition coefficient (Wildman–Crippen LogP) is 3.74. The number of nitrogens with one attached hydrogen (secondary N) is 2. The Labute approximate surface area is 188 Å². The summed E-state index contributed by atoms with van der Waals surface area (Å²) < 4.78 is 33.7. The largest absolute Gasteiger partial charge is 0.366 e. The minimum absolute atomic E-state index is 0.00684. The van der Waals surface area contributed by atoms with Crippen molar-refractivity contribution >= 4 is 22.5 Å². The number of pyridine rings is 1. The van der Waals surface area contributed by atoms with Crippen molar-refractivity contribution in [3.05, 3.63) is 78.1 Å². The Morgan fingerprint density at radius 2 is 1.94 bits per heavy atom. The first-order chi connectivity index (χ1) is 16.1. The number of carbonyl (C=O) groups is 1. The molecule has 2 aromatic heterocycles. The van der Waals surface area contributed by atoms with Gasteiger partial charge in [0.2, 0.25) is 0 Å². The van der Waals surface area contributed by atoms with E-state index in [4.69, 9.17) is 4.74 Å². The molecule has 1 fully saturated rings. The number of hydrogen-bond donors (Lipinski definition) is 2. The van der Waals surface area contributed by atoms with Crippen molar-refractivity contribution in [1.82, 2.24) is 20.1 Å². The van der Waals surface area contributed by atoms with Crippen LogP contribution in [0.3, 0.4) is 0 Å². The van der Waals surface area contributed by atoms with Crippen molar-refractivity contribution in [2.45, 2.75) is 12.6 Å². The molecule has 2 N–H and O–H groups in total. The van der Waals surface area contributed by atoms with Crippen LogP contribution in [-0.4, -0.2) is 51.8 Å². The summed E-state index contributed by atoms with van der Waals surface area (Å²) in [6.07, 6.45) is 2.63. The van der Waals surface area contributed by atoms with Crippen LogP contribution in [0, 0.1) is 11.6 Å². The molecule has 0 saturated carbocycles. The molecular weight excluding hydrogens is 428 g/mol. The van der Waals surface area contributed by atoms with Gasteiger partial charge in [0.15, 0.2) is 0 Å². The average molecular weight is 449 g/mol. The molecule has 1 unspecified atom stereocenters. The number of carbonyl (C=O) groups excluding carboxylic acids is 1. The second-order valence-corrected chi connectivity index (χ2v) is 7.85. The number of ether oxygens (including phenoxy) is 1. The standard InChI is InChI=1S/C24H21F2N5O2/c25-19-2-1-3-20(26)18(19)13-31-10-11-33-22(14-31)24(32)28-16-4-5-21-17(12-16)23(30-29-21)15-6-8-27-9-7-15/h1-9,12,22H,10-11,13-14H2,(H,28,32)(H,29,30). The van der Waals surface area contributed by atoms with Crippen molar-refractivity contribution in [3.8, 4) is 11.3 Å². The highest BCUT2D eigenvalue weighted by Gasteiger charge is 2.28. The van der Waals surface area contributed by atoms with Gasteiger partial charge in [0, 0.05) is 54.2 Å². The minimum atomic E-state index is -0.756. The highest BCUT2D eigenvalue weighted by Crippen LogP contribution is 2.28. The smallest absolute Gasteiger partial charge is 0.254 e. The highest BCUT2D eigenvalue weighted by molar-refractivity contribution is 5.99. The fraction of sp³-hybridized carbons (Fsp3) is 0.208. The molecule has 3 heterocycles. The number of morpholine rings is 1. The molecule has 1 amide bonds. The van der Waals surface area contributed by atoms with Gasteiger partial charge in [0.25, 0.3) is 5.91 Å². The van der Waals surface area contributed by atoms with Crippen LogP contribution in [0.25, 0.3) is 22.2 Å². The first-order valence-electron chi connectivity index (χ1n) is 10.5. The quantitative estimate of drug-likeness (QED) is 0.485. The van der Waals surface area contributed by atoms with E-state index < -0.39 is 17.7 Å². The Balaban J connectivity index is 1.30. The lowest BCUT2D eigenvalue weighted by Crippen LogP contribution is -2.47. The first-order valence-corrected chi connectivity index (χ1v) is 10.5. The van der Waals surface area contributed by atoms with Crippen LogP contribution in [0.1, 0.15) is 5.56 Å². The van der Waals surface area contributed by atoms with E-state index in [0.717, 1.165) is 22.2 Å². The highest BCUT2D eigenvalue weighted by atomic mass is 19.1. The fourth-order valence-corrected chi connectivity index (χ4v) is 3.96. The van der Waals surface area contributed by atoms with Gasteiger partial charge in [-0.25, -0.2) is 8.78 Å². The van der Waals surface area contributed by atoms with E-state index in [1.807, 2.05) is 29.2 Å². The molecule has 33 heavy (non-hydrogen) atoms. The fourth-order valence-electron chi connectivity index (χ4n) is 3.96. The van der Waals surface area contributed by atoms with Gasteiger partial charge >= 0.3 is 0 Å². The van der Waals surface area contributed by atoms with Gasteiger partial charge in [-0.15, -0.1) is 0 Å². The number of H-pyrrole nitrogens is 1. The third-order valence-corrected chi connectivity index (χ3v) is 5.67. The van der Waals surface area contributed by atoms with Crippen molar-refractivity contribution in [2.24, 2.45) is 0 Å². The Bertz CT molecular complexity index is 1270. The number of rotatable bonds is 5. The van der Waals surface area contributed by atoms with Gasteiger partial charge in [0.05, 0.1) is 12.1 Å². The van der Waals surface area contributed by atoms with Crippen LogP contribution in [0.15, 0.2) is 60.9 Å². The molecule has 2 aromatic carbocycles. The molecule has 1 aliphatic rings. The zero-order valence-electron chi connectivity index (χ0n) is 17.6. The number of anilines is 1. The predicted molar refractivity (Wildman–Crippen MR) is 119 cm³/mol. The molecule has 4 aromatic rings. The average Bonchev–Trinajstić information content (AvgIpc) is 3.26. The summed E-state index contributed by atoms with van der Waals surface area (Å²) in [5.41, 5.74) is 3.10. The van der Waals surface area contributed by atoms with E-state index in [2.05, 4.69) is 20.5 Å². The summed E-state index contributed by atoms with van der Waals surface area (Å²) >= 11 is 0. The van der Waals surface area contributed by atoms with Crippen molar-refractivity contribution in [1.29, 1.82) is 0 Å². The third kappa shape index (κ3) is 4.46. The monoisotopic (exact) mass is 449 g/mol. The number of nitrogens with zero attached hydrogens (tertiary/aromatic N) is 3. The van der Waals surface area contributed by atoms with E-state index >= 15 is 0 Å². The maximum Gasteiger partial charge on any atom is 0.254 e. The van der Waals surface area contributed by atoms with Crippen LogP contribution in [0.4, 0.5) is 14.5 Å². The topological polar surface area (TPSA) is 83.1 Å². The summed E-state index contributed by atoms with van der Waals surface area (Å²) in [5.74, 6) is -1.51. The zero-order chi connectivity index (χ0) is 22.8. The lowest BCUT2D eigenvalue weighted by molar-refractivity contribution is -0.133. The summed E-state index contributed by atoms with van der Waals surface area (Å²) in [6.45, 7) is 1.08. The molecule has 1 saturated heterocycles. The van der Waals surface area contributed by atoms with E-state index in [0.29, 0.717) is 18.8 Å². The number of hydrogen-bond acceptors (Lipinski definition) is 5. The number of aromatic amines is 1. The van der Waals surface area contributed by atoms with E-state index in [1.165, 1.54) is 18.2 Å². The van der Waals surface area contributed by atoms with Gasteiger partial charge in [-0.05, 0) is 42.5 Å². The normalized spacial score (nSPS) is 16.7. The number of benzene rings is 2. The van der Waals surface area contributed by atoms with Crippen LogP contribution < -0.4 is 5.32 Å². The molecule has 5 rings (SSSR count). The third-order valence-electron chi connectivity index (χ3n) is 5.67. The number of amides is 1. The molecule has 1 aliphatic heterocycles. The molecule has 1 atom stereocenters. The maximum atomic E-state index is 14.0. The van der Waals surface area contributed by atoms with Crippen LogP contribution in [0.5, 0.6) is 0 Å². The van der Waals surface area contributed by atoms with Crippen LogP contribution in [0.2, 0.25) is 0 Å². The molecule has 0 radical (unpaired) electrons. The lowest BCUT2D eigenvalue weighted by atomic mass is 10.1. The number of fused-ring (bicyclic) bond motifs is 1. The second kappa shape index (κ2) is 9.05. The summed E-state index contributed by atoms with van der Waals surface area (Å²) in [5, 5.41) is 11.1. The summed E-state index contributed by atoms with van der Waals surface area (Å²) in [7, 11) is 0. The Kier molecular flexibility index (Phi) is 5.80. The first kappa shape index (κ1) is 21.2. The van der Waals surface area contributed by atoms with Crippen molar-refractivity contribution in [2.75, 3.05) is 25.0 Å². The lowest BCUT2D eigenvalue weighted by Gasteiger charge is -2.32. The van der Waals surface area contributed by atoms with E-state index in [-0.39, 0.29) is 24.6 Å². The Morgan fingerprint density at radius 3 is 2.73 bits per heavy atom. The van der Waals surface area contributed by atoms with Gasteiger partial charge < -0.3 is 10.1 Å². The van der Waals surface area contributed by atoms with Gasteiger partial charge in [-0.3, -0.25) is 19.8 Å². The molecule has 9 heteroatoms. The Hall–Kier alpha value is -3.69. The SMILES string of the molecule is O=C(Nc1ccc2[nH]nc(-c3ccncc3)c2c1)C1CN(Cc2c(F)cccc2F)CCO1. The van der Waals surface area contributed by atoms with Gasteiger partial charge in [-0.2, -0.15) is 5.10 Å². The van der Waals surface area contributed by atoms with Gasteiger partial charge in [-0.1, -0.05) is 6.07 Å². The van der Waals surface area contributed by atoms with Gasteiger partial charge in [0.1, 0.15) is 23.4 Å². The molecule has 0 aliphatic carbocycles. The minimum Gasteiger partial charge on any atom is -0.366 e. The molecule has 168 valence electrons. The van der Waals surface area contributed by atoms with Crippen molar-refractivity contribution < 1.29 is 18.3 Å². The zero-order valence-corrected chi connectivity index (χ0v) is 17.6. The number of halogens is 2. The maximum absolute atomic E-state index is 14.0. The molecule has 0 bridgehead atoms. The van der Waals surface area contributed by atoms with Crippen LogP contribution in [-0.2, 0) is 16.1 Å².